The number of hydrogen-bond donors (Lipinski definition) is 1. The quantitative estimate of drug-likeness (QED) is 0.755. The third-order valence-electron chi connectivity index (χ3n) is 3.35. The summed E-state index contributed by atoms with van der Waals surface area (Å²) in [6.45, 7) is 2.44. The second-order valence-corrected chi connectivity index (χ2v) is 5.21. The van der Waals surface area contributed by atoms with E-state index in [0.717, 1.165) is 5.56 Å². The van der Waals surface area contributed by atoms with Gasteiger partial charge in [-0.3, -0.25) is 4.79 Å². The van der Waals surface area contributed by atoms with Gasteiger partial charge in [-0.25, -0.2) is 0 Å². The molecule has 0 aliphatic heterocycles. The summed E-state index contributed by atoms with van der Waals surface area (Å²) in [4.78, 5) is 16.2. The van der Waals surface area contributed by atoms with E-state index in [2.05, 4.69) is 15.5 Å². The highest BCUT2D eigenvalue weighted by Crippen LogP contribution is 2.14. The molecule has 1 aromatic heterocycles. The van der Waals surface area contributed by atoms with Crippen LogP contribution in [-0.2, 0) is 13.2 Å². The first-order valence-electron chi connectivity index (χ1n) is 7.55. The second kappa shape index (κ2) is 7.41. The molecule has 6 nitrogen and oxygen atoms in total. The van der Waals surface area contributed by atoms with Crippen LogP contribution in [0.25, 0.3) is 0 Å². The summed E-state index contributed by atoms with van der Waals surface area (Å²) < 4.78 is 10.4. The first-order valence-corrected chi connectivity index (χ1v) is 7.55. The van der Waals surface area contributed by atoms with E-state index < -0.39 is 0 Å². The topological polar surface area (TPSA) is 77.2 Å². The van der Waals surface area contributed by atoms with Crippen molar-refractivity contribution in [3.63, 3.8) is 0 Å². The minimum atomic E-state index is -0.126. The number of benzene rings is 2. The zero-order valence-corrected chi connectivity index (χ0v) is 13.2. The van der Waals surface area contributed by atoms with Gasteiger partial charge in [0.2, 0.25) is 11.7 Å². The van der Waals surface area contributed by atoms with E-state index in [1.165, 1.54) is 0 Å². The van der Waals surface area contributed by atoms with Crippen LogP contribution in [0, 0.1) is 6.92 Å². The molecule has 3 rings (SSSR count). The number of amides is 1. The van der Waals surface area contributed by atoms with Crippen molar-refractivity contribution in [2.24, 2.45) is 0 Å². The van der Waals surface area contributed by atoms with Crippen molar-refractivity contribution in [2.75, 3.05) is 0 Å². The molecule has 1 heterocycles. The molecule has 0 aliphatic rings. The molecule has 0 saturated heterocycles. The monoisotopic (exact) mass is 323 g/mol. The van der Waals surface area contributed by atoms with Crippen molar-refractivity contribution in [1.29, 1.82) is 0 Å². The van der Waals surface area contributed by atoms with Gasteiger partial charge in [-0.15, -0.1) is 0 Å². The molecule has 6 heteroatoms. The number of nitrogens with one attached hydrogen (secondary N) is 1. The lowest BCUT2D eigenvalue weighted by Gasteiger charge is -2.07. The molecule has 0 bridgehead atoms. The van der Waals surface area contributed by atoms with E-state index in [4.69, 9.17) is 9.26 Å². The number of hydrogen-bond acceptors (Lipinski definition) is 5. The predicted octanol–water partition coefficient (Wildman–Crippen LogP) is 2.89. The standard InChI is InChI=1S/C18H17N3O3/c1-13-20-17(21-24-13)12-23-16-9-7-15(8-10-16)18(22)19-11-14-5-3-2-4-6-14/h2-10H,11-12H2,1H3,(H,19,22). The van der Waals surface area contributed by atoms with E-state index in [1.807, 2.05) is 30.3 Å². The van der Waals surface area contributed by atoms with Crippen LogP contribution in [0.15, 0.2) is 59.1 Å². The predicted molar refractivity (Wildman–Crippen MR) is 87.4 cm³/mol. The molecule has 0 radical (unpaired) electrons. The third-order valence-corrected chi connectivity index (χ3v) is 3.35. The van der Waals surface area contributed by atoms with Gasteiger partial charge in [0.15, 0.2) is 6.61 Å². The van der Waals surface area contributed by atoms with Gasteiger partial charge in [0, 0.05) is 19.0 Å². The minimum absolute atomic E-state index is 0.126. The molecule has 0 saturated carbocycles. The van der Waals surface area contributed by atoms with Crippen LogP contribution in [0.5, 0.6) is 5.75 Å². The summed E-state index contributed by atoms with van der Waals surface area (Å²) in [5.41, 5.74) is 1.63. The Morgan fingerprint density at radius 1 is 1.12 bits per heavy atom. The van der Waals surface area contributed by atoms with E-state index in [0.29, 0.717) is 29.6 Å². The summed E-state index contributed by atoms with van der Waals surface area (Å²) in [5, 5.41) is 6.64. The number of rotatable bonds is 6. The highest BCUT2D eigenvalue weighted by molar-refractivity contribution is 5.94. The fourth-order valence-electron chi connectivity index (χ4n) is 2.13. The minimum Gasteiger partial charge on any atom is -0.485 e. The maximum atomic E-state index is 12.1. The molecular weight excluding hydrogens is 306 g/mol. The summed E-state index contributed by atoms with van der Waals surface area (Å²) in [7, 11) is 0. The van der Waals surface area contributed by atoms with Crippen LogP contribution in [0.1, 0.15) is 27.6 Å². The third kappa shape index (κ3) is 4.19. The normalized spacial score (nSPS) is 10.4. The van der Waals surface area contributed by atoms with E-state index in [1.54, 1.807) is 31.2 Å². The Morgan fingerprint density at radius 2 is 1.88 bits per heavy atom. The maximum Gasteiger partial charge on any atom is 0.251 e. The van der Waals surface area contributed by atoms with E-state index >= 15 is 0 Å². The number of carbonyl (C=O) groups excluding carboxylic acids is 1. The van der Waals surface area contributed by atoms with Crippen LogP contribution in [0.2, 0.25) is 0 Å². The fraction of sp³-hybridized carbons (Fsp3) is 0.167. The van der Waals surface area contributed by atoms with Crippen molar-refractivity contribution >= 4 is 5.91 Å². The van der Waals surface area contributed by atoms with Crippen molar-refractivity contribution in [3.8, 4) is 5.75 Å². The number of nitrogens with zero attached hydrogens (tertiary/aromatic N) is 2. The highest BCUT2D eigenvalue weighted by Gasteiger charge is 2.07. The van der Waals surface area contributed by atoms with Crippen LogP contribution in [0.4, 0.5) is 0 Å². The van der Waals surface area contributed by atoms with Gasteiger partial charge < -0.3 is 14.6 Å². The van der Waals surface area contributed by atoms with Crippen molar-refractivity contribution in [2.45, 2.75) is 20.1 Å². The summed E-state index contributed by atoms with van der Waals surface area (Å²) in [6, 6.07) is 16.7. The molecule has 0 unspecified atom stereocenters. The lowest BCUT2D eigenvalue weighted by Crippen LogP contribution is -2.22. The second-order valence-electron chi connectivity index (χ2n) is 5.21. The van der Waals surface area contributed by atoms with Gasteiger partial charge in [0.05, 0.1) is 0 Å². The number of aryl methyl sites for hydroxylation is 1. The summed E-state index contributed by atoms with van der Waals surface area (Å²) in [6.07, 6.45) is 0. The van der Waals surface area contributed by atoms with Gasteiger partial charge in [0.25, 0.3) is 5.91 Å². The Morgan fingerprint density at radius 3 is 2.54 bits per heavy atom. The van der Waals surface area contributed by atoms with Gasteiger partial charge in [-0.2, -0.15) is 4.98 Å². The largest absolute Gasteiger partial charge is 0.485 e. The van der Waals surface area contributed by atoms with Crippen LogP contribution in [-0.4, -0.2) is 16.0 Å². The molecule has 0 fully saturated rings. The molecule has 3 aromatic rings. The number of ether oxygens (including phenoxy) is 1. The van der Waals surface area contributed by atoms with Crippen LogP contribution >= 0.6 is 0 Å². The molecule has 0 spiro atoms. The summed E-state index contributed by atoms with van der Waals surface area (Å²) >= 11 is 0. The van der Waals surface area contributed by atoms with Crippen molar-refractivity contribution in [1.82, 2.24) is 15.5 Å². The SMILES string of the molecule is Cc1nc(COc2ccc(C(=O)NCc3ccccc3)cc2)no1. The molecule has 1 N–H and O–H groups in total. The first-order chi connectivity index (χ1) is 11.7. The Kier molecular flexibility index (Phi) is 4.86. The summed E-state index contributed by atoms with van der Waals surface area (Å²) in [5.74, 6) is 1.49. The van der Waals surface area contributed by atoms with Crippen LogP contribution < -0.4 is 10.1 Å². The zero-order valence-electron chi connectivity index (χ0n) is 13.2. The number of aromatic nitrogens is 2. The molecule has 24 heavy (non-hydrogen) atoms. The van der Waals surface area contributed by atoms with Gasteiger partial charge in [-0.05, 0) is 29.8 Å². The molecule has 0 aliphatic carbocycles. The first kappa shape index (κ1) is 15.7. The number of carbonyl (C=O) groups is 1. The van der Waals surface area contributed by atoms with Crippen LogP contribution in [0.3, 0.4) is 0 Å². The average Bonchev–Trinajstić information content (AvgIpc) is 3.04. The molecule has 0 atom stereocenters. The maximum absolute atomic E-state index is 12.1. The Bertz CT molecular complexity index is 798. The lowest BCUT2D eigenvalue weighted by atomic mass is 10.2. The fourth-order valence-corrected chi connectivity index (χ4v) is 2.13. The zero-order chi connectivity index (χ0) is 16.8. The lowest BCUT2D eigenvalue weighted by molar-refractivity contribution is 0.0951. The van der Waals surface area contributed by atoms with Gasteiger partial charge in [0.1, 0.15) is 5.75 Å². The van der Waals surface area contributed by atoms with E-state index in [-0.39, 0.29) is 12.5 Å². The Balaban J connectivity index is 1.52. The Labute approximate surface area is 139 Å². The highest BCUT2D eigenvalue weighted by atomic mass is 16.5. The molecule has 122 valence electrons. The molecule has 2 aromatic carbocycles. The molecular formula is C18H17N3O3. The molecule has 1 amide bonds. The smallest absolute Gasteiger partial charge is 0.251 e. The van der Waals surface area contributed by atoms with Gasteiger partial charge in [-0.1, -0.05) is 35.5 Å². The average molecular weight is 323 g/mol. The van der Waals surface area contributed by atoms with Crippen molar-refractivity contribution in [3.05, 3.63) is 77.4 Å². The Hall–Kier alpha value is -3.15. The van der Waals surface area contributed by atoms with Crippen molar-refractivity contribution < 1.29 is 14.1 Å². The van der Waals surface area contributed by atoms with Gasteiger partial charge >= 0.3 is 0 Å². The van der Waals surface area contributed by atoms with E-state index in [9.17, 15) is 4.79 Å².